The molecule has 0 aliphatic rings. The largest absolute Gasteiger partial charge is 0.361 e. The summed E-state index contributed by atoms with van der Waals surface area (Å²) in [6.07, 6.45) is 1.69. The molecule has 0 aliphatic carbocycles. The standard InChI is InChI=1S/C17H17N5O2/c1-11-19-17(24-21-11)13-8-6-12(7-9-13)16(23)20-14-5-4-10-18-15(14)22(2)3/h4-10H,1-3H3,(H,20,23). The van der Waals surface area contributed by atoms with Crippen LogP contribution in [0.2, 0.25) is 0 Å². The van der Waals surface area contributed by atoms with Crippen molar-refractivity contribution in [2.75, 3.05) is 24.3 Å². The summed E-state index contributed by atoms with van der Waals surface area (Å²) in [5, 5.41) is 6.63. The molecular weight excluding hydrogens is 306 g/mol. The minimum absolute atomic E-state index is 0.209. The molecule has 0 saturated heterocycles. The number of nitrogens with one attached hydrogen (secondary N) is 1. The Morgan fingerprint density at radius 3 is 2.54 bits per heavy atom. The molecule has 0 unspecified atom stereocenters. The van der Waals surface area contributed by atoms with E-state index < -0.39 is 0 Å². The first-order chi connectivity index (χ1) is 11.5. The normalized spacial score (nSPS) is 10.5. The predicted octanol–water partition coefficient (Wildman–Crippen LogP) is 2.76. The van der Waals surface area contributed by atoms with E-state index >= 15 is 0 Å². The number of pyridine rings is 1. The number of aromatic nitrogens is 3. The fourth-order valence-electron chi connectivity index (χ4n) is 2.22. The van der Waals surface area contributed by atoms with Gasteiger partial charge in [-0.15, -0.1) is 0 Å². The van der Waals surface area contributed by atoms with Gasteiger partial charge in [0.15, 0.2) is 11.6 Å². The van der Waals surface area contributed by atoms with Gasteiger partial charge in [-0.2, -0.15) is 4.98 Å². The Kier molecular flexibility index (Phi) is 4.24. The molecule has 2 aromatic heterocycles. The summed E-state index contributed by atoms with van der Waals surface area (Å²) in [4.78, 5) is 22.7. The maximum Gasteiger partial charge on any atom is 0.257 e. The van der Waals surface area contributed by atoms with Crippen LogP contribution in [0.5, 0.6) is 0 Å². The number of hydrogen-bond donors (Lipinski definition) is 1. The monoisotopic (exact) mass is 323 g/mol. The SMILES string of the molecule is Cc1noc(-c2ccc(C(=O)Nc3cccnc3N(C)C)cc2)n1. The van der Waals surface area contributed by atoms with E-state index in [4.69, 9.17) is 4.52 Å². The first-order valence-electron chi connectivity index (χ1n) is 7.39. The lowest BCUT2D eigenvalue weighted by molar-refractivity contribution is 0.102. The summed E-state index contributed by atoms with van der Waals surface area (Å²) in [6, 6.07) is 10.6. The molecule has 0 bridgehead atoms. The molecular formula is C17H17N5O2. The van der Waals surface area contributed by atoms with E-state index in [1.165, 1.54) is 0 Å². The smallest absolute Gasteiger partial charge is 0.257 e. The van der Waals surface area contributed by atoms with Crippen molar-refractivity contribution in [1.29, 1.82) is 0 Å². The Morgan fingerprint density at radius 1 is 1.17 bits per heavy atom. The summed E-state index contributed by atoms with van der Waals surface area (Å²) in [6.45, 7) is 1.76. The number of amides is 1. The van der Waals surface area contributed by atoms with Gasteiger partial charge in [-0.05, 0) is 43.3 Å². The highest BCUT2D eigenvalue weighted by molar-refractivity contribution is 6.05. The first-order valence-corrected chi connectivity index (χ1v) is 7.39. The Balaban J connectivity index is 1.79. The quantitative estimate of drug-likeness (QED) is 0.795. The van der Waals surface area contributed by atoms with Gasteiger partial charge >= 0.3 is 0 Å². The fraction of sp³-hybridized carbons (Fsp3) is 0.176. The minimum atomic E-state index is -0.209. The van der Waals surface area contributed by atoms with Crippen molar-refractivity contribution in [3.8, 4) is 11.5 Å². The molecule has 122 valence electrons. The Morgan fingerprint density at radius 2 is 1.92 bits per heavy atom. The van der Waals surface area contributed by atoms with Gasteiger partial charge in [0.2, 0.25) is 0 Å². The van der Waals surface area contributed by atoms with Crippen molar-refractivity contribution in [2.45, 2.75) is 6.92 Å². The molecule has 0 saturated carbocycles. The van der Waals surface area contributed by atoms with E-state index in [0.717, 1.165) is 5.56 Å². The number of benzene rings is 1. The van der Waals surface area contributed by atoms with E-state index in [1.807, 2.05) is 25.1 Å². The van der Waals surface area contributed by atoms with Gasteiger partial charge in [0.25, 0.3) is 11.8 Å². The molecule has 1 aromatic carbocycles. The molecule has 2 heterocycles. The van der Waals surface area contributed by atoms with Crippen molar-refractivity contribution in [3.63, 3.8) is 0 Å². The highest BCUT2D eigenvalue weighted by atomic mass is 16.5. The zero-order valence-electron chi connectivity index (χ0n) is 13.6. The molecule has 0 atom stereocenters. The summed E-state index contributed by atoms with van der Waals surface area (Å²) < 4.78 is 5.11. The lowest BCUT2D eigenvalue weighted by Gasteiger charge is -2.16. The lowest BCUT2D eigenvalue weighted by atomic mass is 10.1. The summed E-state index contributed by atoms with van der Waals surface area (Å²) in [5.74, 6) is 1.49. The van der Waals surface area contributed by atoms with E-state index in [0.29, 0.717) is 28.8 Å². The molecule has 3 aromatic rings. The molecule has 7 heteroatoms. The maximum atomic E-state index is 12.4. The molecule has 0 radical (unpaired) electrons. The van der Waals surface area contributed by atoms with Gasteiger partial charge in [0.05, 0.1) is 5.69 Å². The zero-order chi connectivity index (χ0) is 17.1. The Bertz CT molecular complexity index is 855. The molecule has 0 spiro atoms. The van der Waals surface area contributed by atoms with E-state index in [9.17, 15) is 4.79 Å². The van der Waals surface area contributed by atoms with Crippen LogP contribution in [0.3, 0.4) is 0 Å². The van der Waals surface area contributed by atoms with Gasteiger partial charge in [0, 0.05) is 31.4 Å². The predicted molar refractivity (Wildman–Crippen MR) is 91.0 cm³/mol. The number of carbonyl (C=O) groups is 1. The van der Waals surface area contributed by atoms with Gasteiger partial charge in [-0.25, -0.2) is 4.98 Å². The number of rotatable bonds is 4. The minimum Gasteiger partial charge on any atom is -0.361 e. The van der Waals surface area contributed by atoms with Crippen LogP contribution in [0.15, 0.2) is 47.1 Å². The van der Waals surface area contributed by atoms with Crippen LogP contribution in [0.4, 0.5) is 11.5 Å². The van der Waals surface area contributed by atoms with Crippen LogP contribution in [0.1, 0.15) is 16.2 Å². The van der Waals surface area contributed by atoms with Crippen LogP contribution in [-0.4, -0.2) is 35.1 Å². The average Bonchev–Trinajstić information content (AvgIpc) is 3.02. The number of carbonyl (C=O) groups excluding carboxylic acids is 1. The molecule has 3 rings (SSSR count). The van der Waals surface area contributed by atoms with Crippen LogP contribution < -0.4 is 10.2 Å². The van der Waals surface area contributed by atoms with Crippen molar-refractivity contribution >= 4 is 17.4 Å². The Labute approximate surface area is 139 Å². The van der Waals surface area contributed by atoms with Crippen molar-refractivity contribution in [1.82, 2.24) is 15.1 Å². The van der Waals surface area contributed by atoms with Crippen LogP contribution in [0.25, 0.3) is 11.5 Å². The van der Waals surface area contributed by atoms with Gasteiger partial charge in [0.1, 0.15) is 0 Å². The summed E-state index contributed by atoms with van der Waals surface area (Å²) >= 11 is 0. The fourth-order valence-corrected chi connectivity index (χ4v) is 2.22. The van der Waals surface area contributed by atoms with E-state index in [2.05, 4.69) is 20.4 Å². The lowest BCUT2D eigenvalue weighted by Crippen LogP contribution is -2.17. The molecule has 24 heavy (non-hydrogen) atoms. The third-order valence-corrected chi connectivity index (χ3v) is 3.38. The average molecular weight is 323 g/mol. The molecule has 0 aliphatic heterocycles. The number of hydrogen-bond acceptors (Lipinski definition) is 6. The van der Waals surface area contributed by atoms with E-state index in [-0.39, 0.29) is 5.91 Å². The number of aryl methyl sites for hydroxylation is 1. The number of nitrogens with zero attached hydrogens (tertiary/aromatic N) is 4. The Hall–Kier alpha value is -3.22. The third kappa shape index (κ3) is 3.24. The van der Waals surface area contributed by atoms with E-state index in [1.54, 1.807) is 43.5 Å². The van der Waals surface area contributed by atoms with Gasteiger partial charge in [-0.3, -0.25) is 4.79 Å². The third-order valence-electron chi connectivity index (χ3n) is 3.38. The second kappa shape index (κ2) is 6.49. The molecule has 1 N–H and O–H groups in total. The van der Waals surface area contributed by atoms with Crippen LogP contribution >= 0.6 is 0 Å². The second-order valence-corrected chi connectivity index (χ2v) is 5.45. The second-order valence-electron chi connectivity index (χ2n) is 5.45. The van der Waals surface area contributed by atoms with Gasteiger partial charge in [-0.1, -0.05) is 5.16 Å². The van der Waals surface area contributed by atoms with Crippen LogP contribution in [-0.2, 0) is 0 Å². The highest BCUT2D eigenvalue weighted by Gasteiger charge is 2.12. The molecule has 1 amide bonds. The zero-order valence-corrected chi connectivity index (χ0v) is 13.6. The first kappa shape index (κ1) is 15.7. The van der Waals surface area contributed by atoms with Gasteiger partial charge < -0.3 is 14.7 Å². The van der Waals surface area contributed by atoms with Crippen molar-refractivity contribution in [3.05, 3.63) is 54.0 Å². The summed E-state index contributed by atoms with van der Waals surface area (Å²) in [5.41, 5.74) is 1.95. The number of anilines is 2. The topological polar surface area (TPSA) is 84.2 Å². The van der Waals surface area contributed by atoms with Crippen molar-refractivity contribution in [2.24, 2.45) is 0 Å². The summed E-state index contributed by atoms with van der Waals surface area (Å²) in [7, 11) is 3.75. The molecule has 0 fully saturated rings. The molecule has 7 nitrogen and oxygen atoms in total. The van der Waals surface area contributed by atoms with Crippen molar-refractivity contribution < 1.29 is 9.32 Å². The maximum absolute atomic E-state index is 12.4. The highest BCUT2D eigenvalue weighted by Crippen LogP contribution is 2.22. The van der Waals surface area contributed by atoms with Crippen LogP contribution in [0, 0.1) is 6.92 Å².